The van der Waals surface area contributed by atoms with Gasteiger partial charge in [0, 0.05) is 24.5 Å². The lowest BCUT2D eigenvalue weighted by molar-refractivity contribution is 0.240. The summed E-state index contributed by atoms with van der Waals surface area (Å²) in [6.45, 7) is 4.60. The van der Waals surface area contributed by atoms with E-state index in [9.17, 15) is 0 Å². The zero-order chi connectivity index (χ0) is 17.9. The van der Waals surface area contributed by atoms with Crippen molar-refractivity contribution in [1.82, 2.24) is 29.9 Å². The average Bonchev–Trinajstić information content (AvgIpc) is 3.38. The molecule has 1 N–H and O–H groups in total. The zero-order valence-electron chi connectivity index (χ0n) is 15.2. The number of rotatable bonds is 6. The van der Waals surface area contributed by atoms with Crippen LogP contribution in [-0.4, -0.2) is 43.5 Å². The van der Waals surface area contributed by atoms with Gasteiger partial charge in [-0.25, -0.2) is 4.98 Å². The summed E-state index contributed by atoms with van der Waals surface area (Å²) < 4.78 is 7.45. The molecule has 1 aliphatic heterocycles. The number of hydrogen-bond acceptors (Lipinski definition) is 5. The van der Waals surface area contributed by atoms with Crippen LogP contribution in [0.2, 0.25) is 0 Å². The molecule has 1 fully saturated rings. The summed E-state index contributed by atoms with van der Waals surface area (Å²) in [4.78, 5) is 7.00. The van der Waals surface area contributed by atoms with Gasteiger partial charge < -0.3 is 4.74 Å². The van der Waals surface area contributed by atoms with Crippen molar-refractivity contribution in [3.63, 3.8) is 0 Å². The van der Waals surface area contributed by atoms with Crippen LogP contribution >= 0.6 is 0 Å². The topological polar surface area (TPSA) is 71.9 Å². The van der Waals surface area contributed by atoms with Crippen molar-refractivity contribution in [2.75, 3.05) is 13.7 Å². The molecule has 2 aromatic heterocycles. The maximum atomic E-state index is 5.53. The summed E-state index contributed by atoms with van der Waals surface area (Å²) in [5.41, 5.74) is 2.41. The normalized spacial score (nSPS) is 17.7. The molecule has 1 atom stereocenters. The first kappa shape index (κ1) is 16.8. The van der Waals surface area contributed by atoms with Gasteiger partial charge in [-0.05, 0) is 50.1 Å². The summed E-state index contributed by atoms with van der Waals surface area (Å²) in [7, 11) is 1.71. The van der Waals surface area contributed by atoms with Crippen molar-refractivity contribution < 1.29 is 4.74 Å². The molecule has 0 bridgehead atoms. The Morgan fingerprint density at radius 1 is 1.31 bits per heavy atom. The van der Waals surface area contributed by atoms with Crippen LogP contribution in [-0.2, 0) is 13.1 Å². The van der Waals surface area contributed by atoms with Gasteiger partial charge in [-0.15, -0.1) is 0 Å². The molecule has 7 nitrogen and oxygen atoms in total. The molecule has 4 rings (SSSR count). The fourth-order valence-corrected chi connectivity index (χ4v) is 3.67. The zero-order valence-corrected chi connectivity index (χ0v) is 15.2. The van der Waals surface area contributed by atoms with Gasteiger partial charge in [-0.2, -0.15) is 10.2 Å². The molecule has 0 aliphatic carbocycles. The molecule has 0 radical (unpaired) electrons. The molecular weight excluding hydrogens is 328 g/mol. The van der Waals surface area contributed by atoms with E-state index < -0.39 is 0 Å². The number of aromatic amines is 1. The van der Waals surface area contributed by atoms with E-state index >= 15 is 0 Å². The number of methoxy groups -OCH3 is 1. The lowest BCUT2D eigenvalue weighted by atomic mass is 10.1. The minimum absolute atomic E-state index is 0.289. The third-order valence-corrected chi connectivity index (χ3v) is 4.90. The van der Waals surface area contributed by atoms with Crippen LogP contribution < -0.4 is 4.74 Å². The van der Waals surface area contributed by atoms with E-state index in [2.05, 4.69) is 43.4 Å². The molecule has 0 saturated carbocycles. The van der Waals surface area contributed by atoms with Crippen molar-refractivity contribution in [2.45, 2.75) is 38.9 Å². The number of aromatic nitrogens is 5. The summed E-state index contributed by atoms with van der Waals surface area (Å²) in [6.07, 6.45) is 6.04. The van der Waals surface area contributed by atoms with Crippen LogP contribution in [0, 0.1) is 6.92 Å². The van der Waals surface area contributed by atoms with E-state index in [1.165, 1.54) is 12.0 Å². The number of hydrogen-bond donors (Lipinski definition) is 1. The lowest BCUT2D eigenvalue weighted by Crippen LogP contribution is -2.23. The summed E-state index contributed by atoms with van der Waals surface area (Å²) in [5, 5.41) is 11.6. The van der Waals surface area contributed by atoms with Gasteiger partial charge in [-0.3, -0.25) is 14.7 Å². The lowest BCUT2D eigenvalue weighted by Gasteiger charge is -2.23. The molecule has 3 aromatic rings. The Morgan fingerprint density at radius 2 is 2.23 bits per heavy atom. The summed E-state index contributed by atoms with van der Waals surface area (Å²) in [5.74, 6) is 2.68. The third-order valence-electron chi connectivity index (χ3n) is 4.90. The van der Waals surface area contributed by atoms with Gasteiger partial charge >= 0.3 is 0 Å². The van der Waals surface area contributed by atoms with Crippen molar-refractivity contribution in [3.8, 4) is 5.75 Å². The first-order valence-corrected chi connectivity index (χ1v) is 8.99. The monoisotopic (exact) mass is 352 g/mol. The number of nitrogens with one attached hydrogen (secondary N) is 1. The van der Waals surface area contributed by atoms with Gasteiger partial charge in [0.1, 0.15) is 11.6 Å². The molecule has 7 heteroatoms. The maximum Gasteiger partial charge on any atom is 0.167 e. The molecule has 26 heavy (non-hydrogen) atoms. The Bertz CT molecular complexity index is 857. The second-order valence-corrected chi connectivity index (χ2v) is 6.76. The minimum atomic E-state index is 0.289. The molecule has 1 aliphatic rings. The fourth-order valence-electron chi connectivity index (χ4n) is 3.67. The molecule has 0 spiro atoms. The third kappa shape index (κ3) is 3.48. The molecule has 0 amide bonds. The largest absolute Gasteiger partial charge is 0.496 e. The van der Waals surface area contributed by atoms with E-state index in [0.717, 1.165) is 42.5 Å². The van der Waals surface area contributed by atoms with Crippen LogP contribution in [0.5, 0.6) is 5.75 Å². The van der Waals surface area contributed by atoms with Crippen LogP contribution in [0.25, 0.3) is 0 Å². The van der Waals surface area contributed by atoms with Crippen molar-refractivity contribution >= 4 is 0 Å². The van der Waals surface area contributed by atoms with Crippen molar-refractivity contribution in [1.29, 1.82) is 0 Å². The van der Waals surface area contributed by atoms with Gasteiger partial charge in [0.25, 0.3) is 0 Å². The van der Waals surface area contributed by atoms with Crippen molar-refractivity contribution in [3.05, 3.63) is 59.4 Å². The average molecular weight is 352 g/mol. The minimum Gasteiger partial charge on any atom is -0.496 e. The second kappa shape index (κ2) is 7.29. The van der Waals surface area contributed by atoms with Gasteiger partial charge in [0.05, 0.1) is 19.7 Å². The van der Waals surface area contributed by atoms with Gasteiger partial charge in [0.15, 0.2) is 5.82 Å². The standard InChI is InChI=1S/C19H24N6O/c1-14-21-19(23-22-14)17-5-3-9-24(17)12-15-6-7-18(26-2)16(11-15)13-25-10-4-8-20-25/h4,6-8,10-11,17H,3,5,9,12-13H2,1-2H3,(H,21,22,23). The number of nitrogens with zero attached hydrogens (tertiary/aromatic N) is 5. The Labute approximate surface area is 153 Å². The highest BCUT2D eigenvalue weighted by Gasteiger charge is 2.29. The van der Waals surface area contributed by atoms with Crippen LogP contribution in [0.1, 0.15) is 41.7 Å². The van der Waals surface area contributed by atoms with E-state index in [1.807, 2.05) is 23.9 Å². The molecule has 1 saturated heterocycles. The summed E-state index contributed by atoms with van der Waals surface area (Å²) in [6, 6.07) is 8.64. The van der Waals surface area contributed by atoms with Crippen LogP contribution in [0.4, 0.5) is 0 Å². The smallest absolute Gasteiger partial charge is 0.167 e. The maximum absolute atomic E-state index is 5.53. The van der Waals surface area contributed by atoms with E-state index in [-0.39, 0.29) is 6.04 Å². The highest BCUT2D eigenvalue weighted by molar-refractivity contribution is 5.37. The molecular formula is C19H24N6O. The number of ether oxygens (including phenoxy) is 1. The van der Waals surface area contributed by atoms with Crippen molar-refractivity contribution in [2.24, 2.45) is 0 Å². The highest BCUT2D eigenvalue weighted by atomic mass is 16.5. The Kier molecular flexibility index (Phi) is 4.71. The first-order valence-electron chi connectivity index (χ1n) is 8.99. The fraction of sp³-hybridized carbons (Fsp3) is 0.421. The highest BCUT2D eigenvalue weighted by Crippen LogP contribution is 2.32. The second-order valence-electron chi connectivity index (χ2n) is 6.76. The number of benzene rings is 1. The molecule has 3 heterocycles. The van der Waals surface area contributed by atoms with E-state index in [4.69, 9.17) is 4.74 Å². The Hall–Kier alpha value is -2.67. The van der Waals surface area contributed by atoms with Gasteiger partial charge in [0.2, 0.25) is 0 Å². The quantitative estimate of drug-likeness (QED) is 0.738. The SMILES string of the molecule is COc1ccc(CN2CCCC2c2n[nH]c(C)n2)cc1Cn1cccn1. The number of aryl methyl sites for hydroxylation is 1. The Balaban J connectivity index is 1.54. The number of H-pyrrole nitrogens is 1. The van der Waals surface area contributed by atoms with Crippen LogP contribution in [0.3, 0.4) is 0 Å². The van der Waals surface area contributed by atoms with Crippen LogP contribution in [0.15, 0.2) is 36.7 Å². The molecule has 136 valence electrons. The van der Waals surface area contributed by atoms with E-state index in [0.29, 0.717) is 6.54 Å². The predicted octanol–water partition coefficient (Wildman–Crippen LogP) is 2.70. The molecule has 1 aromatic carbocycles. The number of likely N-dealkylation sites (tertiary alicyclic amines) is 1. The first-order chi connectivity index (χ1) is 12.7. The predicted molar refractivity (Wildman–Crippen MR) is 97.8 cm³/mol. The Morgan fingerprint density at radius 3 is 2.96 bits per heavy atom. The molecule has 1 unspecified atom stereocenters. The summed E-state index contributed by atoms with van der Waals surface area (Å²) >= 11 is 0. The van der Waals surface area contributed by atoms with Gasteiger partial charge in [-0.1, -0.05) is 6.07 Å². The van der Waals surface area contributed by atoms with E-state index in [1.54, 1.807) is 13.3 Å².